The van der Waals surface area contributed by atoms with Gasteiger partial charge in [-0.3, -0.25) is 19.2 Å². The molecule has 0 bridgehead atoms. The predicted octanol–water partition coefficient (Wildman–Crippen LogP) is -0.798. The molecule has 0 aliphatic carbocycles. The minimum atomic E-state index is -0.969. The van der Waals surface area contributed by atoms with E-state index in [0.29, 0.717) is 12.2 Å². The largest absolute Gasteiger partial charge is 0.480 e. The van der Waals surface area contributed by atoms with Gasteiger partial charge < -0.3 is 15.7 Å². The lowest BCUT2D eigenvalue weighted by Gasteiger charge is -2.18. The van der Waals surface area contributed by atoms with Crippen LogP contribution in [0.1, 0.15) is 6.42 Å². The third kappa shape index (κ3) is 4.63. The molecule has 20 heavy (non-hydrogen) atoms. The van der Waals surface area contributed by atoms with E-state index in [2.05, 4.69) is 20.6 Å². The van der Waals surface area contributed by atoms with E-state index in [4.69, 9.17) is 5.11 Å². The summed E-state index contributed by atoms with van der Waals surface area (Å²) >= 11 is 0. The lowest BCUT2D eigenvalue weighted by Crippen LogP contribution is -2.35. The quantitative estimate of drug-likeness (QED) is 0.653. The van der Waals surface area contributed by atoms with Gasteiger partial charge in [-0.15, -0.1) is 0 Å². The Hall–Kier alpha value is -1.93. The van der Waals surface area contributed by atoms with Crippen molar-refractivity contribution in [1.29, 1.82) is 0 Å². The van der Waals surface area contributed by atoms with Gasteiger partial charge in [0.1, 0.15) is 6.54 Å². The number of carboxylic acids is 1. The maximum absolute atomic E-state index is 11.9. The van der Waals surface area contributed by atoms with Crippen molar-refractivity contribution >= 4 is 17.6 Å². The second-order valence-electron chi connectivity index (χ2n) is 4.75. The molecule has 1 aromatic heterocycles. The summed E-state index contributed by atoms with van der Waals surface area (Å²) in [6.07, 6.45) is 3.99. The summed E-state index contributed by atoms with van der Waals surface area (Å²) in [5.41, 5.74) is 0.518. The highest BCUT2D eigenvalue weighted by Crippen LogP contribution is 2.05. The fourth-order valence-electron chi connectivity index (χ4n) is 2.12. The average molecular weight is 281 g/mol. The molecule has 8 heteroatoms. The molecule has 0 unspecified atom stereocenters. The van der Waals surface area contributed by atoms with Crippen molar-refractivity contribution in [2.75, 3.05) is 38.0 Å². The summed E-state index contributed by atoms with van der Waals surface area (Å²) in [7, 11) is 0. The van der Waals surface area contributed by atoms with E-state index < -0.39 is 5.97 Å². The molecule has 0 aromatic carbocycles. The van der Waals surface area contributed by atoms with Gasteiger partial charge in [-0.05, 0) is 19.5 Å². The van der Waals surface area contributed by atoms with Crippen molar-refractivity contribution < 1.29 is 14.7 Å². The first-order chi connectivity index (χ1) is 9.63. The van der Waals surface area contributed by atoms with Crippen LogP contribution in [0.15, 0.2) is 12.4 Å². The first-order valence-corrected chi connectivity index (χ1v) is 6.60. The van der Waals surface area contributed by atoms with Gasteiger partial charge in [0.25, 0.3) is 0 Å². The topological polar surface area (TPSA) is 99.5 Å². The number of carbonyl (C=O) groups excluding carboxylic acids is 1. The Bertz CT molecular complexity index is 465. The molecule has 1 saturated heterocycles. The number of amides is 1. The van der Waals surface area contributed by atoms with Crippen LogP contribution in [0.5, 0.6) is 0 Å². The van der Waals surface area contributed by atoms with Crippen LogP contribution in [0.4, 0.5) is 5.69 Å². The van der Waals surface area contributed by atoms with Crippen LogP contribution >= 0.6 is 0 Å². The Kier molecular flexibility index (Phi) is 5.08. The summed E-state index contributed by atoms with van der Waals surface area (Å²) in [6, 6.07) is 0. The third-order valence-corrected chi connectivity index (χ3v) is 3.01. The molecule has 1 aliphatic rings. The number of carbonyl (C=O) groups is 2. The minimum Gasteiger partial charge on any atom is -0.480 e. The number of nitrogens with one attached hydrogen (secondary N) is 2. The maximum Gasteiger partial charge on any atom is 0.325 e. The number of aromatic nitrogens is 2. The Labute approximate surface area is 116 Å². The van der Waals surface area contributed by atoms with E-state index in [1.807, 2.05) is 0 Å². The van der Waals surface area contributed by atoms with Gasteiger partial charge >= 0.3 is 5.97 Å². The molecule has 0 saturated carbocycles. The number of aliphatic carboxylic acids is 1. The van der Waals surface area contributed by atoms with Crippen molar-refractivity contribution in [3.8, 4) is 0 Å². The zero-order chi connectivity index (χ0) is 14.4. The Morgan fingerprint density at radius 2 is 2.20 bits per heavy atom. The fourth-order valence-corrected chi connectivity index (χ4v) is 2.12. The molecule has 2 rings (SSSR count). The van der Waals surface area contributed by atoms with Crippen molar-refractivity contribution in [3.05, 3.63) is 12.4 Å². The molecule has 8 nitrogen and oxygen atoms in total. The van der Waals surface area contributed by atoms with Crippen LogP contribution < -0.4 is 10.6 Å². The van der Waals surface area contributed by atoms with Crippen LogP contribution in [-0.2, 0) is 16.1 Å². The Morgan fingerprint density at radius 1 is 1.35 bits per heavy atom. The number of anilines is 1. The van der Waals surface area contributed by atoms with Gasteiger partial charge in [0.05, 0.1) is 18.4 Å². The molecule has 1 fully saturated rings. The number of rotatable bonds is 5. The molecule has 0 atom stereocenters. The van der Waals surface area contributed by atoms with Gasteiger partial charge in [0, 0.05) is 19.3 Å². The SMILES string of the molecule is O=C(O)Cn1cc(NC(=O)CN2CCCNCC2)cn1. The molecule has 1 aliphatic heterocycles. The molecule has 1 aromatic rings. The van der Waals surface area contributed by atoms with Crippen LogP contribution in [0.25, 0.3) is 0 Å². The lowest BCUT2D eigenvalue weighted by atomic mass is 10.4. The zero-order valence-electron chi connectivity index (χ0n) is 11.2. The van der Waals surface area contributed by atoms with Crippen molar-refractivity contribution in [2.24, 2.45) is 0 Å². The van der Waals surface area contributed by atoms with Gasteiger partial charge in [0.15, 0.2) is 0 Å². The van der Waals surface area contributed by atoms with E-state index >= 15 is 0 Å². The van der Waals surface area contributed by atoms with E-state index in [-0.39, 0.29) is 12.5 Å². The summed E-state index contributed by atoms with van der Waals surface area (Å²) < 4.78 is 1.27. The zero-order valence-corrected chi connectivity index (χ0v) is 11.2. The minimum absolute atomic E-state index is 0.109. The van der Waals surface area contributed by atoms with Crippen molar-refractivity contribution in [3.63, 3.8) is 0 Å². The first-order valence-electron chi connectivity index (χ1n) is 6.60. The number of hydrogen-bond acceptors (Lipinski definition) is 5. The van der Waals surface area contributed by atoms with Crippen LogP contribution in [0.2, 0.25) is 0 Å². The maximum atomic E-state index is 11.9. The highest BCUT2D eigenvalue weighted by atomic mass is 16.4. The lowest BCUT2D eigenvalue weighted by molar-refractivity contribution is -0.137. The monoisotopic (exact) mass is 281 g/mol. The summed E-state index contributed by atoms with van der Waals surface area (Å²) in [5.74, 6) is -1.08. The number of carboxylic acid groups (broad SMARTS) is 1. The number of hydrogen-bond donors (Lipinski definition) is 3. The van der Waals surface area contributed by atoms with Gasteiger partial charge in [-0.1, -0.05) is 0 Å². The summed E-state index contributed by atoms with van der Waals surface area (Å²) in [6.45, 7) is 3.76. The Morgan fingerprint density at radius 3 is 3.00 bits per heavy atom. The molecule has 0 radical (unpaired) electrons. The van der Waals surface area contributed by atoms with E-state index in [9.17, 15) is 9.59 Å². The molecule has 0 spiro atoms. The molecule has 3 N–H and O–H groups in total. The second kappa shape index (κ2) is 7.01. The summed E-state index contributed by atoms with van der Waals surface area (Å²) in [4.78, 5) is 24.5. The highest BCUT2D eigenvalue weighted by Gasteiger charge is 2.13. The van der Waals surface area contributed by atoms with Crippen LogP contribution in [0, 0.1) is 0 Å². The van der Waals surface area contributed by atoms with Crippen molar-refractivity contribution in [1.82, 2.24) is 20.0 Å². The van der Waals surface area contributed by atoms with Gasteiger partial charge in [0.2, 0.25) is 5.91 Å². The Balaban J connectivity index is 1.81. The van der Waals surface area contributed by atoms with E-state index in [1.54, 1.807) is 0 Å². The van der Waals surface area contributed by atoms with Crippen LogP contribution in [-0.4, -0.2) is 64.4 Å². The standard InChI is InChI=1S/C12H19N5O3/c18-11(8-16-4-1-2-13-3-5-16)15-10-6-14-17(7-10)9-12(19)20/h6-7,13H,1-5,8-9H2,(H,15,18)(H,19,20). The molecule has 2 heterocycles. The van der Waals surface area contributed by atoms with Crippen LogP contribution in [0.3, 0.4) is 0 Å². The smallest absolute Gasteiger partial charge is 0.325 e. The second-order valence-corrected chi connectivity index (χ2v) is 4.75. The van der Waals surface area contributed by atoms with Crippen molar-refractivity contribution in [2.45, 2.75) is 13.0 Å². The van der Waals surface area contributed by atoms with E-state index in [0.717, 1.165) is 32.6 Å². The first kappa shape index (κ1) is 14.5. The number of nitrogens with zero attached hydrogens (tertiary/aromatic N) is 3. The third-order valence-electron chi connectivity index (χ3n) is 3.01. The highest BCUT2D eigenvalue weighted by molar-refractivity contribution is 5.92. The average Bonchev–Trinajstić information content (AvgIpc) is 2.63. The summed E-state index contributed by atoms with van der Waals surface area (Å²) in [5, 5.41) is 18.5. The molecular formula is C12H19N5O3. The van der Waals surface area contributed by atoms with E-state index in [1.165, 1.54) is 17.1 Å². The molecule has 110 valence electrons. The molecule has 1 amide bonds. The van der Waals surface area contributed by atoms with Gasteiger partial charge in [-0.25, -0.2) is 0 Å². The molecular weight excluding hydrogens is 262 g/mol. The van der Waals surface area contributed by atoms with Gasteiger partial charge in [-0.2, -0.15) is 5.10 Å². The fraction of sp³-hybridized carbons (Fsp3) is 0.583. The normalized spacial score (nSPS) is 16.6. The predicted molar refractivity (Wildman–Crippen MR) is 72.4 cm³/mol.